The fourth-order valence-corrected chi connectivity index (χ4v) is 2.43. The number of carboxylic acid groups (broad SMARTS) is 1. The third kappa shape index (κ3) is 3.91. The van der Waals surface area contributed by atoms with Crippen LogP contribution in [-0.2, 0) is 9.53 Å². The van der Waals surface area contributed by atoms with Crippen LogP contribution in [0.1, 0.15) is 23.2 Å². The molecule has 3 N–H and O–H groups in total. The summed E-state index contributed by atoms with van der Waals surface area (Å²) in [7, 11) is 0. The van der Waals surface area contributed by atoms with Crippen LogP contribution in [-0.4, -0.2) is 42.8 Å². The third-order valence-corrected chi connectivity index (χ3v) is 3.45. The number of primary amides is 1. The zero-order valence-electron chi connectivity index (χ0n) is 11.4. The van der Waals surface area contributed by atoms with Crippen molar-refractivity contribution >= 4 is 17.6 Å². The molecule has 6 nitrogen and oxygen atoms in total. The second kappa shape index (κ2) is 6.53. The zero-order valence-corrected chi connectivity index (χ0v) is 11.4. The van der Waals surface area contributed by atoms with Gasteiger partial charge in [0.15, 0.2) is 0 Å². The van der Waals surface area contributed by atoms with E-state index < -0.39 is 17.7 Å². The Bertz CT molecular complexity index is 542. The molecule has 7 heteroatoms. The summed E-state index contributed by atoms with van der Waals surface area (Å²) in [5.74, 6) is -2.17. The average molecular weight is 296 g/mol. The summed E-state index contributed by atoms with van der Waals surface area (Å²) in [5, 5.41) is 8.58. The Morgan fingerprint density at radius 1 is 1.38 bits per heavy atom. The number of anilines is 1. The normalized spacial score (nSPS) is 16.0. The molecule has 1 aliphatic rings. The Morgan fingerprint density at radius 3 is 2.62 bits per heavy atom. The Morgan fingerprint density at radius 2 is 2.05 bits per heavy atom. The predicted octanol–water partition coefficient (Wildman–Crippen LogP) is 0.995. The number of aliphatic carboxylic acids is 1. The molecule has 1 aromatic rings. The van der Waals surface area contributed by atoms with E-state index in [4.69, 9.17) is 15.6 Å². The maximum absolute atomic E-state index is 13.2. The number of ether oxygens (including phenoxy) is 1. The Kier molecular flexibility index (Phi) is 4.74. The molecular weight excluding hydrogens is 279 g/mol. The van der Waals surface area contributed by atoms with E-state index >= 15 is 0 Å². The van der Waals surface area contributed by atoms with Crippen LogP contribution < -0.4 is 10.6 Å². The van der Waals surface area contributed by atoms with Crippen molar-refractivity contribution in [2.75, 3.05) is 24.6 Å². The van der Waals surface area contributed by atoms with Gasteiger partial charge in [-0.25, -0.2) is 9.18 Å². The number of hydrogen-bond donors (Lipinski definition) is 2. The molecule has 1 heterocycles. The molecule has 1 aliphatic heterocycles. The Hall–Kier alpha value is -2.15. The summed E-state index contributed by atoms with van der Waals surface area (Å²) >= 11 is 0. The number of nitrogens with zero attached hydrogens (tertiary/aromatic N) is 1. The zero-order chi connectivity index (χ0) is 15.4. The molecule has 1 aromatic carbocycles. The van der Waals surface area contributed by atoms with Crippen molar-refractivity contribution in [3.8, 4) is 0 Å². The number of rotatable bonds is 5. The summed E-state index contributed by atoms with van der Waals surface area (Å²) in [4.78, 5) is 23.8. The van der Waals surface area contributed by atoms with E-state index in [9.17, 15) is 14.0 Å². The fourth-order valence-electron chi connectivity index (χ4n) is 2.43. The van der Waals surface area contributed by atoms with Crippen molar-refractivity contribution in [2.24, 2.45) is 5.73 Å². The number of carbonyl (C=O) groups is 2. The molecule has 1 fully saturated rings. The molecule has 0 bridgehead atoms. The van der Waals surface area contributed by atoms with Gasteiger partial charge in [-0.3, -0.25) is 4.79 Å². The van der Waals surface area contributed by atoms with Gasteiger partial charge in [0.1, 0.15) is 12.4 Å². The molecule has 0 spiro atoms. The largest absolute Gasteiger partial charge is 0.480 e. The fraction of sp³-hybridized carbons (Fsp3) is 0.429. The first kappa shape index (κ1) is 15.2. The summed E-state index contributed by atoms with van der Waals surface area (Å²) in [6, 6.07) is 3.95. The standard InChI is InChI=1S/C14H17FN2O4/c15-9-1-2-12(11(7-9)14(16)20)17-5-3-10(4-6-17)21-8-13(18)19/h1-2,7,10H,3-6,8H2,(H2,16,20)(H,18,19). The summed E-state index contributed by atoms with van der Waals surface area (Å²) in [5.41, 5.74) is 6.03. The van der Waals surface area contributed by atoms with Gasteiger partial charge >= 0.3 is 5.97 Å². The van der Waals surface area contributed by atoms with Crippen LogP contribution in [0.3, 0.4) is 0 Å². The first-order chi connectivity index (χ1) is 9.97. The highest BCUT2D eigenvalue weighted by Crippen LogP contribution is 2.25. The number of benzene rings is 1. The monoisotopic (exact) mass is 296 g/mol. The van der Waals surface area contributed by atoms with Crippen LogP contribution in [0.5, 0.6) is 0 Å². The average Bonchev–Trinajstić information content (AvgIpc) is 2.45. The van der Waals surface area contributed by atoms with Crippen LogP contribution in [0.4, 0.5) is 10.1 Å². The molecule has 1 saturated heterocycles. The predicted molar refractivity (Wildman–Crippen MR) is 73.7 cm³/mol. The van der Waals surface area contributed by atoms with Crippen molar-refractivity contribution < 1.29 is 23.8 Å². The van der Waals surface area contributed by atoms with Gasteiger partial charge in [-0.05, 0) is 31.0 Å². The quantitative estimate of drug-likeness (QED) is 0.845. The lowest BCUT2D eigenvalue weighted by Crippen LogP contribution is -2.38. The molecule has 114 valence electrons. The second-order valence-corrected chi connectivity index (χ2v) is 4.92. The van der Waals surface area contributed by atoms with Gasteiger partial charge in [0, 0.05) is 18.8 Å². The first-order valence-electron chi connectivity index (χ1n) is 6.65. The van der Waals surface area contributed by atoms with Gasteiger partial charge in [0.05, 0.1) is 11.7 Å². The highest BCUT2D eigenvalue weighted by atomic mass is 19.1. The van der Waals surface area contributed by atoms with Crippen molar-refractivity contribution in [3.05, 3.63) is 29.6 Å². The lowest BCUT2D eigenvalue weighted by molar-refractivity contribution is -0.144. The summed E-state index contributed by atoms with van der Waals surface area (Å²) < 4.78 is 18.5. The minimum absolute atomic E-state index is 0.116. The minimum atomic E-state index is -0.994. The SMILES string of the molecule is NC(=O)c1cc(F)ccc1N1CCC(OCC(=O)O)CC1. The Labute approximate surface area is 121 Å². The number of carboxylic acids is 1. The lowest BCUT2D eigenvalue weighted by atomic mass is 10.0. The highest BCUT2D eigenvalue weighted by molar-refractivity contribution is 5.98. The molecule has 0 aliphatic carbocycles. The number of amides is 1. The number of carbonyl (C=O) groups excluding carboxylic acids is 1. The van der Waals surface area contributed by atoms with Crippen molar-refractivity contribution in [3.63, 3.8) is 0 Å². The van der Waals surface area contributed by atoms with Crippen LogP contribution in [0, 0.1) is 5.82 Å². The van der Waals surface area contributed by atoms with Gasteiger partial charge in [-0.1, -0.05) is 0 Å². The van der Waals surface area contributed by atoms with E-state index in [0.29, 0.717) is 31.6 Å². The molecule has 0 aromatic heterocycles. The molecule has 0 radical (unpaired) electrons. The van der Waals surface area contributed by atoms with Gasteiger partial charge in [0.2, 0.25) is 0 Å². The summed E-state index contributed by atoms with van der Waals surface area (Å²) in [6.45, 7) is 0.875. The molecule has 21 heavy (non-hydrogen) atoms. The Balaban J connectivity index is 2.02. The number of hydrogen-bond acceptors (Lipinski definition) is 4. The second-order valence-electron chi connectivity index (χ2n) is 4.92. The van der Waals surface area contributed by atoms with Crippen molar-refractivity contribution in [2.45, 2.75) is 18.9 Å². The van der Waals surface area contributed by atoms with Gasteiger partial charge in [-0.15, -0.1) is 0 Å². The van der Waals surface area contributed by atoms with E-state index in [2.05, 4.69) is 0 Å². The van der Waals surface area contributed by atoms with E-state index in [1.807, 2.05) is 4.90 Å². The van der Waals surface area contributed by atoms with Gasteiger partial charge in [0.25, 0.3) is 5.91 Å². The first-order valence-corrected chi connectivity index (χ1v) is 6.65. The molecule has 0 atom stereocenters. The van der Waals surface area contributed by atoms with Crippen LogP contribution in [0.15, 0.2) is 18.2 Å². The smallest absolute Gasteiger partial charge is 0.329 e. The molecular formula is C14H17FN2O4. The number of halogens is 1. The highest BCUT2D eigenvalue weighted by Gasteiger charge is 2.23. The van der Waals surface area contributed by atoms with Crippen molar-refractivity contribution in [1.29, 1.82) is 0 Å². The maximum atomic E-state index is 13.2. The lowest BCUT2D eigenvalue weighted by Gasteiger charge is -2.34. The van der Waals surface area contributed by atoms with E-state index in [-0.39, 0.29) is 18.3 Å². The molecule has 0 saturated carbocycles. The molecule has 0 unspecified atom stereocenters. The van der Waals surface area contributed by atoms with Crippen LogP contribution in [0.2, 0.25) is 0 Å². The maximum Gasteiger partial charge on any atom is 0.329 e. The van der Waals surface area contributed by atoms with E-state index in [0.717, 1.165) is 6.07 Å². The number of piperidine rings is 1. The van der Waals surface area contributed by atoms with Crippen molar-refractivity contribution in [1.82, 2.24) is 0 Å². The molecule has 2 rings (SSSR count). The van der Waals surface area contributed by atoms with Crippen LogP contribution >= 0.6 is 0 Å². The summed E-state index contributed by atoms with van der Waals surface area (Å²) in [6.07, 6.45) is 1.17. The third-order valence-electron chi connectivity index (χ3n) is 3.45. The van der Waals surface area contributed by atoms with Gasteiger partial charge < -0.3 is 20.5 Å². The molecule has 1 amide bonds. The van der Waals surface area contributed by atoms with Crippen LogP contribution in [0.25, 0.3) is 0 Å². The number of nitrogens with two attached hydrogens (primary N) is 1. The van der Waals surface area contributed by atoms with E-state index in [1.165, 1.54) is 12.1 Å². The van der Waals surface area contributed by atoms with Gasteiger partial charge in [-0.2, -0.15) is 0 Å². The topological polar surface area (TPSA) is 92.9 Å². The van der Waals surface area contributed by atoms with E-state index in [1.54, 1.807) is 0 Å². The minimum Gasteiger partial charge on any atom is -0.480 e.